The number of pyridine rings is 1. The van der Waals surface area contributed by atoms with Gasteiger partial charge >= 0.3 is 0 Å². The number of likely N-dealkylation sites (N-methyl/N-ethyl adjacent to an activating group) is 1. The SMILES string of the molecule is COCC(C)N(C)c1cccnc1/C(N)=N/O. The van der Waals surface area contributed by atoms with Gasteiger partial charge in [-0.15, -0.1) is 0 Å². The number of hydrogen-bond acceptors (Lipinski definition) is 5. The van der Waals surface area contributed by atoms with Gasteiger partial charge in [0.25, 0.3) is 0 Å². The Morgan fingerprint density at radius 2 is 2.41 bits per heavy atom. The van der Waals surface area contributed by atoms with E-state index in [2.05, 4.69) is 10.1 Å². The summed E-state index contributed by atoms with van der Waals surface area (Å²) in [6.45, 7) is 2.60. The summed E-state index contributed by atoms with van der Waals surface area (Å²) in [7, 11) is 3.56. The molecule has 94 valence electrons. The molecule has 17 heavy (non-hydrogen) atoms. The largest absolute Gasteiger partial charge is 0.409 e. The van der Waals surface area contributed by atoms with Crippen LogP contribution in [0.5, 0.6) is 0 Å². The molecule has 1 atom stereocenters. The molecule has 0 saturated carbocycles. The van der Waals surface area contributed by atoms with Crippen molar-refractivity contribution >= 4 is 11.5 Å². The molecule has 0 bridgehead atoms. The first kappa shape index (κ1) is 13.2. The maximum atomic E-state index is 8.72. The maximum absolute atomic E-state index is 8.72. The Kier molecular flexibility index (Phi) is 4.71. The highest BCUT2D eigenvalue weighted by Crippen LogP contribution is 2.18. The van der Waals surface area contributed by atoms with Crippen LogP contribution >= 0.6 is 0 Å². The third-order valence-electron chi connectivity index (χ3n) is 2.59. The molecule has 0 aromatic carbocycles. The first-order chi connectivity index (χ1) is 8.11. The molecule has 0 aliphatic rings. The number of aromatic nitrogens is 1. The van der Waals surface area contributed by atoms with E-state index < -0.39 is 0 Å². The zero-order valence-electron chi connectivity index (χ0n) is 10.3. The Bertz CT molecular complexity index is 395. The van der Waals surface area contributed by atoms with Crippen LogP contribution in [-0.2, 0) is 4.74 Å². The van der Waals surface area contributed by atoms with Gasteiger partial charge in [-0.1, -0.05) is 5.16 Å². The average molecular weight is 238 g/mol. The summed E-state index contributed by atoms with van der Waals surface area (Å²) in [5.41, 5.74) is 6.84. The Morgan fingerprint density at radius 3 is 3.00 bits per heavy atom. The molecule has 0 saturated heterocycles. The molecule has 0 aliphatic heterocycles. The summed E-state index contributed by atoms with van der Waals surface area (Å²) in [5.74, 6) is -0.00272. The van der Waals surface area contributed by atoms with Crippen LogP contribution < -0.4 is 10.6 Å². The van der Waals surface area contributed by atoms with Crippen LogP contribution in [0.15, 0.2) is 23.5 Å². The van der Waals surface area contributed by atoms with Crippen molar-refractivity contribution < 1.29 is 9.94 Å². The molecule has 0 radical (unpaired) electrons. The molecule has 0 spiro atoms. The van der Waals surface area contributed by atoms with E-state index in [9.17, 15) is 0 Å². The van der Waals surface area contributed by atoms with Gasteiger partial charge in [0.1, 0.15) is 5.69 Å². The normalized spacial score (nSPS) is 13.5. The number of rotatable bonds is 5. The molecule has 0 amide bonds. The van der Waals surface area contributed by atoms with Gasteiger partial charge in [0.15, 0.2) is 5.84 Å². The standard InChI is InChI=1S/C11H18N4O2/c1-8(7-17-3)15(2)9-5-4-6-13-10(9)11(12)14-16/h4-6,8,16H,7H2,1-3H3,(H2,12,14). The third-order valence-corrected chi connectivity index (χ3v) is 2.59. The number of methoxy groups -OCH3 is 1. The lowest BCUT2D eigenvalue weighted by Crippen LogP contribution is -2.34. The Labute approximate surface area is 101 Å². The van der Waals surface area contributed by atoms with E-state index in [4.69, 9.17) is 15.7 Å². The minimum absolute atomic E-state index is 0.00272. The second kappa shape index (κ2) is 6.05. The minimum atomic E-state index is -0.00272. The summed E-state index contributed by atoms with van der Waals surface area (Å²) in [5, 5.41) is 11.7. The van der Waals surface area contributed by atoms with Crippen LogP contribution in [0.3, 0.4) is 0 Å². The lowest BCUT2D eigenvalue weighted by molar-refractivity contribution is 0.183. The smallest absolute Gasteiger partial charge is 0.190 e. The van der Waals surface area contributed by atoms with Gasteiger partial charge in [-0.2, -0.15) is 0 Å². The Morgan fingerprint density at radius 1 is 1.71 bits per heavy atom. The first-order valence-corrected chi connectivity index (χ1v) is 5.26. The Balaban J connectivity index is 3.04. The summed E-state index contributed by atoms with van der Waals surface area (Å²) in [4.78, 5) is 6.09. The van der Waals surface area contributed by atoms with Crippen molar-refractivity contribution in [1.82, 2.24) is 4.98 Å². The van der Waals surface area contributed by atoms with Gasteiger partial charge < -0.3 is 20.6 Å². The summed E-state index contributed by atoms with van der Waals surface area (Å²) in [6.07, 6.45) is 1.60. The van der Waals surface area contributed by atoms with Gasteiger partial charge in [0.05, 0.1) is 12.3 Å². The van der Waals surface area contributed by atoms with Crippen LogP contribution in [0.25, 0.3) is 0 Å². The van der Waals surface area contributed by atoms with E-state index in [1.165, 1.54) is 0 Å². The fourth-order valence-electron chi connectivity index (χ4n) is 1.52. The van der Waals surface area contributed by atoms with Gasteiger partial charge in [-0.3, -0.25) is 4.98 Å². The molecule has 6 heteroatoms. The van der Waals surface area contributed by atoms with Crippen molar-refractivity contribution in [3.63, 3.8) is 0 Å². The molecule has 1 heterocycles. The van der Waals surface area contributed by atoms with Crippen LogP contribution in [-0.4, -0.2) is 42.8 Å². The fourth-order valence-corrected chi connectivity index (χ4v) is 1.52. The summed E-state index contributed by atoms with van der Waals surface area (Å²) >= 11 is 0. The molecule has 0 fully saturated rings. The van der Waals surface area contributed by atoms with Crippen molar-refractivity contribution in [3.8, 4) is 0 Å². The number of anilines is 1. The van der Waals surface area contributed by atoms with Gasteiger partial charge in [0.2, 0.25) is 0 Å². The molecular weight excluding hydrogens is 220 g/mol. The minimum Gasteiger partial charge on any atom is -0.409 e. The van der Waals surface area contributed by atoms with Gasteiger partial charge in [-0.05, 0) is 19.1 Å². The lowest BCUT2D eigenvalue weighted by atomic mass is 10.2. The molecule has 1 rings (SSSR count). The fraction of sp³-hybridized carbons (Fsp3) is 0.455. The van der Waals surface area contributed by atoms with Crippen molar-refractivity contribution in [3.05, 3.63) is 24.0 Å². The quantitative estimate of drug-likeness (QED) is 0.340. The molecule has 0 aliphatic carbocycles. The highest BCUT2D eigenvalue weighted by Gasteiger charge is 2.16. The number of nitrogens with two attached hydrogens (primary N) is 1. The zero-order chi connectivity index (χ0) is 12.8. The maximum Gasteiger partial charge on any atom is 0.190 e. The Hall–Kier alpha value is -1.82. The number of nitrogens with zero attached hydrogens (tertiary/aromatic N) is 3. The summed E-state index contributed by atoms with van der Waals surface area (Å²) < 4.78 is 5.10. The number of ether oxygens (including phenoxy) is 1. The van der Waals surface area contributed by atoms with E-state index in [1.807, 2.05) is 24.9 Å². The topological polar surface area (TPSA) is 84.0 Å². The third kappa shape index (κ3) is 3.07. The van der Waals surface area contributed by atoms with E-state index in [1.54, 1.807) is 19.4 Å². The van der Waals surface area contributed by atoms with Gasteiger partial charge in [-0.25, -0.2) is 0 Å². The summed E-state index contributed by atoms with van der Waals surface area (Å²) in [6, 6.07) is 3.83. The molecule has 6 nitrogen and oxygen atoms in total. The highest BCUT2D eigenvalue weighted by atomic mass is 16.5. The van der Waals surface area contributed by atoms with E-state index in [0.29, 0.717) is 12.3 Å². The van der Waals surface area contributed by atoms with Crippen molar-refractivity contribution in [1.29, 1.82) is 0 Å². The van der Waals surface area contributed by atoms with Crippen LogP contribution in [0.4, 0.5) is 5.69 Å². The number of hydrogen-bond donors (Lipinski definition) is 2. The van der Waals surface area contributed by atoms with Crippen LogP contribution in [0, 0.1) is 0 Å². The number of amidine groups is 1. The monoisotopic (exact) mass is 238 g/mol. The second-order valence-corrected chi connectivity index (χ2v) is 3.77. The van der Waals surface area contributed by atoms with Crippen molar-refractivity contribution in [2.24, 2.45) is 10.9 Å². The number of oxime groups is 1. The van der Waals surface area contributed by atoms with E-state index >= 15 is 0 Å². The van der Waals surface area contributed by atoms with Crippen molar-refractivity contribution in [2.45, 2.75) is 13.0 Å². The lowest BCUT2D eigenvalue weighted by Gasteiger charge is -2.27. The van der Waals surface area contributed by atoms with Crippen molar-refractivity contribution in [2.75, 3.05) is 25.7 Å². The van der Waals surface area contributed by atoms with E-state index in [-0.39, 0.29) is 11.9 Å². The van der Waals surface area contributed by atoms with E-state index in [0.717, 1.165) is 5.69 Å². The van der Waals surface area contributed by atoms with Gasteiger partial charge in [0, 0.05) is 26.4 Å². The molecule has 1 aromatic rings. The molecule has 1 aromatic heterocycles. The highest BCUT2D eigenvalue weighted by molar-refractivity contribution is 6.00. The van der Waals surface area contributed by atoms with Crippen LogP contribution in [0.1, 0.15) is 12.6 Å². The predicted octanol–water partition coefficient (Wildman–Crippen LogP) is 0.647. The first-order valence-electron chi connectivity index (χ1n) is 5.26. The molecule has 3 N–H and O–H groups in total. The second-order valence-electron chi connectivity index (χ2n) is 3.77. The average Bonchev–Trinajstić information content (AvgIpc) is 2.37. The van der Waals surface area contributed by atoms with Crippen LogP contribution in [0.2, 0.25) is 0 Å². The molecular formula is C11H18N4O2. The predicted molar refractivity (Wildman–Crippen MR) is 66.5 cm³/mol. The molecule has 1 unspecified atom stereocenters. The zero-order valence-corrected chi connectivity index (χ0v) is 10.3.